The molecule has 1 amide bonds. The summed E-state index contributed by atoms with van der Waals surface area (Å²) in [6, 6.07) is 4.05. The van der Waals surface area contributed by atoms with Gasteiger partial charge in [-0.2, -0.15) is 0 Å². The van der Waals surface area contributed by atoms with Gasteiger partial charge in [0.05, 0.1) is 31.3 Å². The zero-order valence-corrected chi connectivity index (χ0v) is 12.6. The molecule has 2 rings (SSSR count). The second-order valence-corrected chi connectivity index (χ2v) is 5.12. The molecule has 1 aliphatic heterocycles. The number of carbonyl (C=O) groups is 1. The summed E-state index contributed by atoms with van der Waals surface area (Å²) >= 11 is 0. The van der Waals surface area contributed by atoms with E-state index in [2.05, 4.69) is 5.32 Å². The van der Waals surface area contributed by atoms with Gasteiger partial charge in [0.1, 0.15) is 24.5 Å². The van der Waals surface area contributed by atoms with Gasteiger partial charge in [0.2, 0.25) is 0 Å². The topological polar surface area (TPSA) is 95.1 Å². The number of methoxy groups -OCH3 is 1. The smallest absolute Gasteiger partial charge is 0.296 e. The van der Waals surface area contributed by atoms with Gasteiger partial charge in [-0.15, -0.1) is 0 Å². The lowest BCUT2D eigenvalue weighted by Crippen LogP contribution is -3.18. The molecule has 1 atom stereocenters. The van der Waals surface area contributed by atoms with E-state index in [-0.39, 0.29) is 23.3 Å². The molecule has 0 unspecified atom stereocenters. The largest absolute Gasteiger partial charge is 0.496 e. The highest BCUT2D eigenvalue weighted by molar-refractivity contribution is 5.95. The van der Waals surface area contributed by atoms with Crippen LogP contribution in [0.15, 0.2) is 18.2 Å². The van der Waals surface area contributed by atoms with Crippen molar-refractivity contribution in [1.82, 2.24) is 0 Å². The van der Waals surface area contributed by atoms with Crippen molar-refractivity contribution in [2.75, 3.05) is 38.7 Å². The maximum Gasteiger partial charge on any atom is 0.296 e. The van der Waals surface area contributed by atoms with Crippen LogP contribution in [0.25, 0.3) is 0 Å². The molecular formula is C14H20N3O5+. The van der Waals surface area contributed by atoms with Gasteiger partial charge in [0, 0.05) is 0 Å². The Morgan fingerprint density at radius 1 is 1.45 bits per heavy atom. The molecule has 8 heteroatoms. The van der Waals surface area contributed by atoms with Gasteiger partial charge in [0.25, 0.3) is 11.6 Å². The molecule has 1 saturated heterocycles. The van der Waals surface area contributed by atoms with Gasteiger partial charge in [-0.3, -0.25) is 14.9 Å². The van der Waals surface area contributed by atoms with Gasteiger partial charge < -0.3 is 19.7 Å². The van der Waals surface area contributed by atoms with Crippen LogP contribution in [0.3, 0.4) is 0 Å². The van der Waals surface area contributed by atoms with E-state index in [4.69, 9.17) is 9.47 Å². The lowest BCUT2D eigenvalue weighted by Gasteiger charge is -2.28. The number of quaternary nitrogens is 1. The molecule has 0 radical (unpaired) electrons. The van der Waals surface area contributed by atoms with E-state index in [9.17, 15) is 14.9 Å². The third-order valence-corrected chi connectivity index (χ3v) is 3.80. The number of nitro groups is 1. The highest BCUT2D eigenvalue weighted by Gasteiger charge is 2.28. The van der Waals surface area contributed by atoms with E-state index >= 15 is 0 Å². The number of hydrogen-bond acceptors (Lipinski definition) is 5. The highest BCUT2D eigenvalue weighted by Crippen LogP contribution is 2.28. The monoisotopic (exact) mass is 310 g/mol. The Morgan fingerprint density at radius 2 is 2.14 bits per heavy atom. The lowest BCUT2D eigenvalue weighted by atomic mass is 10.2. The van der Waals surface area contributed by atoms with E-state index in [1.54, 1.807) is 6.07 Å². The normalized spacial score (nSPS) is 16.8. The zero-order chi connectivity index (χ0) is 16.1. The Kier molecular flexibility index (Phi) is 5.29. The van der Waals surface area contributed by atoms with Crippen LogP contribution in [0.2, 0.25) is 0 Å². The molecular weight excluding hydrogens is 290 g/mol. The zero-order valence-electron chi connectivity index (χ0n) is 12.6. The summed E-state index contributed by atoms with van der Waals surface area (Å²) in [4.78, 5) is 24.0. The van der Waals surface area contributed by atoms with E-state index in [1.165, 1.54) is 19.2 Å². The maximum atomic E-state index is 12.3. The van der Waals surface area contributed by atoms with Crippen LogP contribution < -0.4 is 15.0 Å². The number of anilines is 1. The average molecular weight is 310 g/mol. The Hall–Kier alpha value is -2.19. The number of nitro benzene ring substituents is 1. The van der Waals surface area contributed by atoms with Gasteiger partial charge in [-0.25, -0.2) is 0 Å². The first kappa shape index (κ1) is 16.2. The third-order valence-electron chi connectivity index (χ3n) is 3.80. The first-order valence-corrected chi connectivity index (χ1v) is 7.08. The summed E-state index contributed by atoms with van der Waals surface area (Å²) in [5.74, 6) is 0.127. The molecule has 0 saturated carbocycles. The van der Waals surface area contributed by atoms with Gasteiger partial charge >= 0.3 is 0 Å². The van der Waals surface area contributed by atoms with Crippen molar-refractivity contribution in [3.05, 3.63) is 28.3 Å². The number of nitrogens with one attached hydrogen (secondary N) is 2. The second-order valence-electron chi connectivity index (χ2n) is 5.12. The molecule has 8 nitrogen and oxygen atoms in total. The number of nitrogens with zero attached hydrogens (tertiary/aromatic N) is 1. The van der Waals surface area contributed by atoms with Crippen LogP contribution in [0, 0.1) is 10.1 Å². The third kappa shape index (κ3) is 3.71. The molecule has 0 aliphatic carbocycles. The van der Waals surface area contributed by atoms with Crippen LogP contribution in [0.1, 0.15) is 6.92 Å². The summed E-state index contributed by atoms with van der Waals surface area (Å²) in [7, 11) is 1.43. The minimum absolute atomic E-state index is 0.176. The number of morpholine rings is 1. The lowest BCUT2D eigenvalue weighted by molar-refractivity contribution is -0.921. The molecule has 1 fully saturated rings. The Balaban J connectivity index is 2.11. The van der Waals surface area contributed by atoms with Crippen LogP contribution in [0.4, 0.5) is 11.4 Å². The average Bonchev–Trinajstić information content (AvgIpc) is 2.55. The molecule has 1 aromatic rings. The number of hydrogen-bond donors (Lipinski definition) is 2. The maximum absolute atomic E-state index is 12.3. The van der Waals surface area contributed by atoms with Gasteiger partial charge in [-0.1, -0.05) is 0 Å². The number of rotatable bonds is 5. The first-order valence-electron chi connectivity index (χ1n) is 7.08. The summed E-state index contributed by atoms with van der Waals surface area (Å²) in [5.41, 5.74) is -0.00723. The molecule has 22 heavy (non-hydrogen) atoms. The summed E-state index contributed by atoms with van der Waals surface area (Å²) in [6.07, 6.45) is 0. The molecule has 0 spiro atoms. The second kappa shape index (κ2) is 7.19. The van der Waals surface area contributed by atoms with E-state index in [0.29, 0.717) is 19.0 Å². The molecule has 2 N–H and O–H groups in total. The summed E-state index contributed by atoms with van der Waals surface area (Å²) in [5, 5.41) is 13.8. The van der Waals surface area contributed by atoms with Crippen molar-refractivity contribution in [1.29, 1.82) is 0 Å². The van der Waals surface area contributed by atoms with E-state index in [1.807, 2.05) is 6.92 Å². The van der Waals surface area contributed by atoms with E-state index in [0.717, 1.165) is 18.0 Å². The van der Waals surface area contributed by atoms with Crippen molar-refractivity contribution in [3.8, 4) is 5.75 Å². The van der Waals surface area contributed by atoms with Gasteiger partial charge in [0.15, 0.2) is 6.04 Å². The Bertz CT molecular complexity index is 557. The van der Waals surface area contributed by atoms with E-state index < -0.39 is 4.92 Å². The summed E-state index contributed by atoms with van der Waals surface area (Å²) < 4.78 is 10.2. The first-order chi connectivity index (χ1) is 10.5. The molecule has 0 bridgehead atoms. The number of carbonyl (C=O) groups excluding carboxylic acids is 1. The van der Waals surface area contributed by atoms with Crippen LogP contribution >= 0.6 is 0 Å². The van der Waals surface area contributed by atoms with Crippen molar-refractivity contribution >= 4 is 17.3 Å². The minimum Gasteiger partial charge on any atom is -0.496 e. The standard InChI is InChI=1S/C14H19N3O5/c1-10(16-5-7-22-8-6-16)14(18)15-12-4-3-11(21-2)9-13(12)17(19)20/h3-4,9-10H,5-8H2,1-2H3,(H,15,18)/p+1/t10-/m0/s1. The molecule has 120 valence electrons. The SMILES string of the molecule is COc1ccc(NC(=O)[C@H](C)[NH+]2CCOCC2)c([N+](=O)[O-])c1. The van der Waals surface area contributed by atoms with Crippen LogP contribution in [-0.2, 0) is 9.53 Å². The highest BCUT2D eigenvalue weighted by atomic mass is 16.6. The van der Waals surface area contributed by atoms with Crippen molar-refractivity contribution in [2.45, 2.75) is 13.0 Å². The van der Waals surface area contributed by atoms with Crippen LogP contribution in [0.5, 0.6) is 5.75 Å². The predicted octanol–water partition coefficient (Wildman–Crippen LogP) is -0.154. The number of amides is 1. The van der Waals surface area contributed by atoms with Crippen molar-refractivity contribution in [3.63, 3.8) is 0 Å². The quantitative estimate of drug-likeness (QED) is 0.582. The Morgan fingerprint density at radius 3 is 2.73 bits per heavy atom. The summed E-state index contributed by atoms with van der Waals surface area (Å²) in [6.45, 7) is 4.55. The van der Waals surface area contributed by atoms with Crippen molar-refractivity contribution < 1.29 is 24.1 Å². The Labute approximate surface area is 128 Å². The fourth-order valence-electron chi connectivity index (χ4n) is 2.39. The molecule has 1 heterocycles. The molecule has 1 aliphatic rings. The number of benzene rings is 1. The fraction of sp³-hybridized carbons (Fsp3) is 0.500. The molecule has 0 aromatic heterocycles. The van der Waals surface area contributed by atoms with Gasteiger partial charge in [-0.05, 0) is 19.1 Å². The number of ether oxygens (including phenoxy) is 2. The molecule has 1 aromatic carbocycles. The van der Waals surface area contributed by atoms with Crippen LogP contribution in [-0.4, -0.2) is 50.3 Å². The van der Waals surface area contributed by atoms with Crippen molar-refractivity contribution in [2.24, 2.45) is 0 Å². The predicted molar refractivity (Wildman–Crippen MR) is 79.3 cm³/mol. The fourth-order valence-corrected chi connectivity index (χ4v) is 2.39. The minimum atomic E-state index is -0.537.